The largest absolute Gasteiger partial charge is 0.510 e. The number of amides is 1. The van der Waals surface area contributed by atoms with Crippen LogP contribution in [0.4, 0.5) is 0 Å². The predicted octanol–water partition coefficient (Wildman–Crippen LogP) is 4.10. The van der Waals surface area contributed by atoms with Crippen molar-refractivity contribution in [1.29, 1.82) is 0 Å². The summed E-state index contributed by atoms with van der Waals surface area (Å²) in [6.45, 7) is 9.18. The first kappa shape index (κ1) is 28.0. The van der Waals surface area contributed by atoms with Crippen LogP contribution < -0.4 is 10.7 Å². The van der Waals surface area contributed by atoms with Gasteiger partial charge in [0.15, 0.2) is 11.5 Å². The second-order valence-corrected chi connectivity index (χ2v) is 7.61. The number of hydrazone groups is 1. The van der Waals surface area contributed by atoms with Crippen molar-refractivity contribution in [2.75, 3.05) is 14.1 Å². The standard InChI is InChI=1S/C14H18N2O.C8H15N3O2.CH4/c1-9(2)12-8-10-6-4-5-7-11(10)13(14(12)17)16-15-3;1-5(2)10-8(13)7(6(3)12)11-9-4;/h4-9,11-12,15H,1-3H3;5,12H,1-4H3,(H,10,13);1H4/b16-13-;;. The lowest BCUT2D eigenvalue weighted by Gasteiger charge is -2.29. The second kappa shape index (κ2) is 13.3. The number of carbonyl (C=O) groups excluding carboxylic acids is 2. The summed E-state index contributed by atoms with van der Waals surface area (Å²) in [7, 11) is 3.16. The monoisotopic (exact) mass is 431 g/mol. The third kappa shape index (κ3) is 7.96. The van der Waals surface area contributed by atoms with Gasteiger partial charge in [0.25, 0.3) is 5.91 Å². The number of nitrogens with zero attached hydrogens (tertiary/aromatic N) is 3. The van der Waals surface area contributed by atoms with Gasteiger partial charge in [-0.05, 0) is 32.3 Å². The summed E-state index contributed by atoms with van der Waals surface area (Å²) < 4.78 is 0. The molecule has 31 heavy (non-hydrogen) atoms. The topological polar surface area (TPSA) is 116 Å². The smallest absolute Gasteiger partial charge is 0.275 e. The third-order valence-electron chi connectivity index (χ3n) is 4.41. The molecule has 0 aromatic rings. The highest BCUT2D eigenvalue weighted by atomic mass is 16.3. The maximum atomic E-state index is 12.3. The van der Waals surface area contributed by atoms with Gasteiger partial charge >= 0.3 is 0 Å². The number of azo groups is 1. The number of hydrogen-bond donors (Lipinski definition) is 3. The van der Waals surface area contributed by atoms with Crippen LogP contribution in [0.3, 0.4) is 0 Å². The van der Waals surface area contributed by atoms with Crippen molar-refractivity contribution in [3.63, 3.8) is 0 Å². The SMILES string of the molecule is C.CN/N=C1\C(=O)C(C(C)C)C=C2C=CC=CC21.CN=NC(C(=O)NC(C)C)=C(C)O. The van der Waals surface area contributed by atoms with Crippen LogP contribution in [-0.4, -0.2) is 42.6 Å². The number of allylic oxidation sites excluding steroid dienone is 7. The molecule has 0 saturated carbocycles. The van der Waals surface area contributed by atoms with Crippen molar-refractivity contribution in [2.45, 2.75) is 48.1 Å². The van der Waals surface area contributed by atoms with Crippen LogP contribution in [0, 0.1) is 17.8 Å². The molecule has 1 amide bonds. The van der Waals surface area contributed by atoms with Gasteiger partial charge in [-0.3, -0.25) is 9.59 Å². The number of rotatable bonds is 5. The molecule has 0 saturated heterocycles. The summed E-state index contributed by atoms with van der Waals surface area (Å²) in [5.74, 6) is -0.135. The number of nitrogens with one attached hydrogen (secondary N) is 2. The number of aliphatic hydroxyl groups excluding tert-OH is 1. The first-order chi connectivity index (χ1) is 14.1. The maximum Gasteiger partial charge on any atom is 0.275 e. The molecule has 8 heteroatoms. The summed E-state index contributed by atoms with van der Waals surface area (Å²) >= 11 is 0. The summed E-state index contributed by atoms with van der Waals surface area (Å²) in [5, 5.41) is 22.8. The number of aliphatic hydroxyl groups is 1. The quantitative estimate of drug-likeness (QED) is 0.263. The van der Waals surface area contributed by atoms with Gasteiger partial charge in [-0.15, -0.1) is 5.11 Å². The first-order valence-corrected chi connectivity index (χ1v) is 9.99. The molecule has 2 atom stereocenters. The molecule has 0 radical (unpaired) electrons. The Balaban J connectivity index is 0.000000586. The molecule has 2 aliphatic carbocycles. The number of carbonyl (C=O) groups is 2. The number of hydrogen-bond acceptors (Lipinski definition) is 7. The Hall–Kier alpha value is -3.03. The zero-order valence-electron chi connectivity index (χ0n) is 18.8. The van der Waals surface area contributed by atoms with E-state index in [2.05, 4.69) is 52.1 Å². The Labute approximate surface area is 186 Å². The van der Waals surface area contributed by atoms with Gasteiger partial charge in [-0.25, -0.2) is 0 Å². The van der Waals surface area contributed by atoms with Crippen LogP contribution in [0.5, 0.6) is 0 Å². The van der Waals surface area contributed by atoms with E-state index < -0.39 is 5.91 Å². The lowest BCUT2D eigenvalue weighted by molar-refractivity contribution is -0.118. The molecule has 2 aliphatic rings. The molecular weight excluding hydrogens is 394 g/mol. The van der Waals surface area contributed by atoms with Gasteiger partial charge in [-0.1, -0.05) is 51.7 Å². The highest BCUT2D eigenvalue weighted by Crippen LogP contribution is 2.31. The van der Waals surface area contributed by atoms with Gasteiger partial charge in [0.05, 0.1) is 0 Å². The second-order valence-electron chi connectivity index (χ2n) is 7.61. The minimum atomic E-state index is -0.416. The van der Waals surface area contributed by atoms with E-state index in [1.807, 2.05) is 32.1 Å². The minimum Gasteiger partial charge on any atom is -0.510 e. The molecule has 3 N–H and O–H groups in total. The molecule has 0 aromatic carbocycles. The van der Waals surface area contributed by atoms with Crippen LogP contribution in [-0.2, 0) is 9.59 Å². The summed E-state index contributed by atoms with van der Waals surface area (Å²) in [6, 6.07) is 0.00825. The Bertz CT molecular complexity index is 813. The molecule has 0 spiro atoms. The number of ketones is 1. The lowest BCUT2D eigenvalue weighted by atomic mass is 9.74. The van der Waals surface area contributed by atoms with Crippen molar-refractivity contribution >= 4 is 17.4 Å². The number of Topliss-reactive ketones (excluding diaryl/α,β-unsaturated/α-hetero) is 1. The average Bonchev–Trinajstić information content (AvgIpc) is 2.67. The lowest BCUT2D eigenvalue weighted by Crippen LogP contribution is -2.37. The summed E-state index contributed by atoms with van der Waals surface area (Å²) in [4.78, 5) is 23.6. The van der Waals surface area contributed by atoms with E-state index in [0.29, 0.717) is 11.6 Å². The van der Waals surface area contributed by atoms with Crippen molar-refractivity contribution in [3.8, 4) is 0 Å². The molecule has 2 rings (SSSR count). The van der Waals surface area contributed by atoms with Crippen molar-refractivity contribution in [2.24, 2.45) is 33.1 Å². The highest BCUT2D eigenvalue weighted by Gasteiger charge is 2.35. The van der Waals surface area contributed by atoms with Crippen molar-refractivity contribution in [1.82, 2.24) is 10.7 Å². The van der Waals surface area contributed by atoms with Crippen LogP contribution in [0.2, 0.25) is 0 Å². The Kier molecular flexibility index (Phi) is 12.0. The first-order valence-electron chi connectivity index (χ1n) is 9.99. The molecule has 2 unspecified atom stereocenters. The Morgan fingerprint density at radius 1 is 1.19 bits per heavy atom. The average molecular weight is 432 g/mol. The minimum absolute atomic E-state index is 0. The molecule has 0 aromatic heterocycles. The molecule has 0 fully saturated rings. The summed E-state index contributed by atoms with van der Waals surface area (Å²) in [5.41, 5.74) is 4.51. The fraction of sp³-hybridized carbons (Fsp3) is 0.522. The third-order valence-corrected chi connectivity index (χ3v) is 4.41. The van der Waals surface area contributed by atoms with Gasteiger partial charge in [0.2, 0.25) is 0 Å². The van der Waals surface area contributed by atoms with E-state index in [4.69, 9.17) is 5.11 Å². The van der Waals surface area contributed by atoms with E-state index in [0.717, 1.165) is 0 Å². The molecule has 172 valence electrons. The van der Waals surface area contributed by atoms with Gasteiger partial charge in [-0.2, -0.15) is 10.2 Å². The zero-order chi connectivity index (χ0) is 22.8. The van der Waals surface area contributed by atoms with Crippen LogP contribution in [0.15, 0.2) is 62.7 Å². The fourth-order valence-corrected chi connectivity index (χ4v) is 3.02. The van der Waals surface area contributed by atoms with Gasteiger partial charge < -0.3 is 15.8 Å². The molecular formula is C23H37N5O3. The zero-order valence-corrected chi connectivity index (χ0v) is 18.8. The fourth-order valence-electron chi connectivity index (χ4n) is 3.02. The Morgan fingerprint density at radius 3 is 2.32 bits per heavy atom. The summed E-state index contributed by atoms with van der Waals surface area (Å²) in [6.07, 6.45) is 10.2. The predicted molar refractivity (Wildman–Crippen MR) is 126 cm³/mol. The van der Waals surface area contributed by atoms with E-state index in [1.165, 1.54) is 19.5 Å². The van der Waals surface area contributed by atoms with Crippen molar-refractivity contribution in [3.05, 3.63) is 47.4 Å². The van der Waals surface area contributed by atoms with Gasteiger partial charge in [0, 0.05) is 32.0 Å². The van der Waals surface area contributed by atoms with Crippen LogP contribution in [0.25, 0.3) is 0 Å². The van der Waals surface area contributed by atoms with E-state index >= 15 is 0 Å². The van der Waals surface area contributed by atoms with Gasteiger partial charge in [0.1, 0.15) is 11.5 Å². The maximum absolute atomic E-state index is 12.3. The van der Waals surface area contributed by atoms with E-state index in [-0.39, 0.29) is 42.5 Å². The normalized spacial score (nSPS) is 21.8. The van der Waals surface area contributed by atoms with E-state index in [1.54, 1.807) is 7.05 Å². The molecule has 0 bridgehead atoms. The van der Waals surface area contributed by atoms with Crippen LogP contribution in [0.1, 0.15) is 42.0 Å². The highest BCUT2D eigenvalue weighted by molar-refractivity contribution is 6.43. The molecule has 8 nitrogen and oxygen atoms in total. The van der Waals surface area contributed by atoms with E-state index in [9.17, 15) is 9.59 Å². The molecule has 0 heterocycles. The Morgan fingerprint density at radius 2 is 1.84 bits per heavy atom. The number of fused-ring (bicyclic) bond motifs is 1. The van der Waals surface area contributed by atoms with Crippen molar-refractivity contribution < 1.29 is 14.7 Å². The van der Waals surface area contributed by atoms with Crippen LogP contribution >= 0.6 is 0 Å². The molecule has 0 aliphatic heterocycles.